The van der Waals surface area contributed by atoms with Crippen molar-refractivity contribution < 1.29 is 4.79 Å². The summed E-state index contributed by atoms with van der Waals surface area (Å²) in [6.07, 6.45) is 2.36. The molecule has 1 N–H and O–H groups in total. The zero-order valence-electron chi connectivity index (χ0n) is 12.8. The molecule has 1 aromatic carbocycles. The van der Waals surface area contributed by atoms with Gasteiger partial charge in [0.15, 0.2) is 5.69 Å². The maximum atomic E-state index is 12.3. The molecular formula is C17H21N3O. The topological polar surface area (TPSA) is 46.9 Å². The van der Waals surface area contributed by atoms with Crippen molar-refractivity contribution in [3.05, 3.63) is 47.8 Å². The minimum atomic E-state index is -0.257. The van der Waals surface area contributed by atoms with Crippen molar-refractivity contribution in [1.29, 1.82) is 0 Å². The van der Waals surface area contributed by atoms with Gasteiger partial charge in [0.25, 0.3) is 5.91 Å². The Morgan fingerprint density at radius 2 is 1.90 bits per heavy atom. The van der Waals surface area contributed by atoms with Crippen LogP contribution in [0.15, 0.2) is 36.4 Å². The monoisotopic (exact) mass is 283 g/mol. The minimum absolute atomic E-state index is 0.112. The molecule has 1 fully saturated rings. The van der Waals surface area contributed by atoms with Crippen LogP contribution in [0.1, 0.15) is 55.7 Å². The second-order valence-electron chi connectivity index (χ2n) is 6.68. The van der Waals surface area contributed by atoms with Crippen molar-refractivity contribution in [2.75, 3.05) is 0 Å². The molecule has 4 nitrogen and oxygen atoms in total. The van der Waals surface area contributed by atoms with E-state index in [1.54, 1.807) is 0 Å². The SMILES string of the molecule is CC(C)(C)NC(=O)c1cc(C2CC2)n(-c2ccccc2)n1. The van der Waals surface area contributed by atoms with Gasteiger partial charge in [-0.2, -0.15) is 5.10 Å². The third-order valence-electron chi connectivity index (χ3n) is 3.45. The van der Waals surface area contributed by atoms with E-state index in [1.807, 2.05) is 61.9 Å². The lowest BCUT2D eigenvalue weighted by atomic mass is 10.1. The third kappa shape index (κ3) is 3.15. The Balaban J connectivity index is 1.96. The normalized spacial score (nSPS) is 15.0. The largest absolute Gasteiger partial charge is 0.346 e. The smallest absolute Gasteiger partial charge is 0.272 e. The van der Waals surface area contributed by atoms with E-state index in [0.29, 0.717) is 11.6 Å². The first-order chi connectivity index (χ1) is 9.94. The molecule has 0 unspecified atom stereocenters. The maximum Gasteiger partial charge on any atom is 0.272 e. The number of hydrogen-bond acceptors (Lipinski definition) is 2. The first-order valence-corrected chi connectivity index (χ1v) is 7.42. The molecule has 1 saturated carbocycles. The molecule has 4 heteroatoms. The third-order valence-corrected chi connectivity index (χ3v) is 3.45. The minimum Gasteiger partial charge on any atom is -0.346 e. The van der Waals surface area contributed by atoms with Gasteiger partial charge < -0.3 is 5.32 Å². The lowest BCUT2D eigenvalue weighted by Crippen LogP contribution is -2.40. The van der Waals surface area contributed by atoms with E-state index in [-0.39, 0.29) is 11.4 Å². The predicted octanol–water partition coefficient (Wildman–Crippen LogP) is 3.28. The molecule has 1 heterocycles. The van der Waals surface area contributed by atoms with Crippen LogP contribution in [0, 0.1) is 0 Å². The highest BCUT2D eigenvalue weighted by molar-refractivity contribution is 5.93. The van der Waals surface area contributed by atoms with Crippen LogP contribution in [0.5, 0.6) is 0 Å². The van der Waals surface area contributed by atoms with E-state index in [9.17, 15) is 4.79 Å². The van der Waals surface area contributed by atoms with Crippen molar-refractivity contribution in [2.45, 2.75) is 45.1 Å². The molecule has 0 radical (unpaired) electrons. The summed E-state index contributed by atoms with van der Waals surface area (Å²) in [5, 5.41) is 7.50. The number of carbonyl (C=O) groups excluding carboxylic acids is 1. The molecule has 2 aromatic rings. The fraction of sp³-hybridized carbons (Fsp3) is 0.412. The quantitative estimate of drug-likeness (QED) is 0.939. The first-order valence-electron chi connectivity index (χ1n) is 7.42. The van der Waals surface area contributed by atoms with Crippen molar-refractivity contribution in [2.24, 2.45) is 0 Å². The van der Waals surface area contributed by atoms with Crippen molar-refractivity contribution in [1.82, 2.24) is 15.1 Å². The molecule has 0 atom stereocenters. The summed E-state index contributed by atoms with van der Waals surface area (Å²) >= 11 is 0. The molecule has 0 saturated heterocycles. The number of amides is 1. The summed E-state index contributed by atoms with van der Waals surface area (Å²) in [5.74, 6) is 0.424. The van der Waals surface area contributed by atoms with Crippen LogP contribution >= 0.6 is 0 Å². The highest BCUT2D eigenvalue weighted by Crippen LogP contribution is 2.41. The predicted molar refractivity (Wildman–Crippen MR) is 82.8 cm³/mol. The molecule has 1 amide bonds. The number of para-hydroxylation sites is 1. The number of hydrogen-bond donors (Lipinski definition) is 1. The van der Waals surface area contributed by atoms with Gasteiger partial charge in [0.05, 0.1) is 5.69 Å². The Hall–Kier alpha value is -2.10. The maximum absolute atomic E-state index is 12.3. The summed E-state index contributed by atoms with van der Waals surface area (Å²) in [4.78, 5) is 12.3. The van der Waals surface area contributed by atoms with Gasteiger partial charge in [0, 0.05) is 17.2 Å². The van der Waals surface area contributed by atoms with Crippen LogP contribution in [-0.2, 0) is 0 Å². The van der Waals surface area contributed by atoms with E-state index >= 15 is 0 Å². The van der Waals surface area contributed by atoms with Crippen molar-refractivity contribution in [3.63, 3.8) is 0 Å². The highest BCUT2D eigenvalue weighted by atomic mass is 16.2. The fourth-order valence-corrected chi connectivity index (χ4v) is 2.36. The number of nitrogens with zero attached hydrogens (tertiary/aromatic N) is 2. The average Bonchev–Trinajstić information content (AvgIpc) is 3.16. The molecule has 110 valence electrons. The summed E-state index contributed by atoms with van der Waals surface area (Å²) in [5.41, 5.74) is 2.39. The summed E-state index contributed by atoms with van der Waals surface area (Å²) in [7, 11) is 0. The molecule has 3 rings (SSSR count). The number of nitrogens with one attached hydrogen (secondary N) is 1. The Morgan fingerprint density at radius 1 is 1.24 bits per heavy atom. The summed E-state index contributed by atoms with van der Waals surface area (Å²) in [6, 6.07) is 11.9. The zero-order chi connectivity index (χ0) is 15.0. The fourth-order valence-electron chi connectivity index (χ4n) is 2.36. The van der Waals surface area contributed by atoms with Gasteiger partial charge >= 0.3 is 0 Å². The van der Waals surface area contributed by atoms with Gasteiger partial charge in [-0.25, -0.2) is 4.68 Å². The second-order valence-corrected chi connectivity index (χ2v) is 6.68. The molecule has 21 heavy (non-hydrogen) atoms. The molecule has 0 aliphatic heterocycles. The van der Waals surface area contributed by atoms with Gasteiger partial charge in [-0.1, -0.05) is 18.2 Å². The highest BCUT2D eigenvalue weighted by Gasteiger charge is 2.30. The Bertz CT molecular complexity index is 648. The van der Waals surface area contributed by atoms with E-state index in [1.165, 1.54) is 12.8 Å². The van der Waals surface area contributed by atoms with E-state index < -0.39 is 0 Å². The number of rotatable bonds is 3. The van der Waals surface area contributed by atoms with Gasteiger partial charge in [0.2, 0.25) is 0 Å². The van der Waals surface area contributed by atoms with Crippen molar-refractivity contribution >= 4 is 5.91 Å². The number of aromatic nitrogens is 2. The van der Waals surface area contributed by atoms with Gasteiger partial charge in [-0.3, -0.25) is 4.79 Å². The molecule has 1 aliphatic rings. The molecular weight excluding hydrogens is 262 g/mol. The standard InChI is InChI=1S/C17H21N3O/c1-17(2,3)18-16(21)14-11-15(12-9-10-12)20(19-14)13-7-5-4-6-8-13/h4-8,11-12H,9-10H2,1-3H3,(H,18,21). The molecule has 1 aromatic heterocycles. The number of benzene rings is 1. The van der Waals surface area contributed by atoms with Gasteiger partial charge in [-0.15, -0.1) is 0 Å². The van der Waals surface area contributed by atoms with Crippen LogP contribution in [0.2, 0.25) is 0 Å². The molecule has 0 bridgehead atoms. The molecule has 1 aliphatic carbocycles. The van der Waals surface area contributed by atoms with E-state index in [4.69, 9.17) is 0 Å². The van der Waals surface area contributed by atoms with Crippen LogP contribution in [0.25, 0.3) is 5.69 Å². The van der Waals surface area contributed by atoms with E-state index in [0.717, 1.165) is 11.4 Å². The lowest BCUT2D eigenvalue weighted by molar-refractivity contribution is 0.0914. The van der Waals surface area contributed by atoms with Gasteiger partial charge in [0.1, 0.15) is 0 Å². The van der Waals surface area contributed by atoms with Gasteiger partial charge in [-0.05, 0) is 51.8 Å². The lowest BCUT2D eigenvalue weighted by Gasteiger charge is -2.19. The Morgan fingerprint density at radius 3 is 2.48 bits per heavy atom. The van der Waals surface area contributed by atoms with Crippen LogP contribution in [0.3, 0.4) is 0 Å². The summed E-state index contributed by atoms with van der Waals surface area (Å²) < 4.78 is 1.91. The van der Waals surface area contributed by atoms with Crippen molar-refractivity contribution in [3.8, 4) is 5.69 Å². The van der Waals surface area contributed by atoms with Crippen LogP contribution in [0.4, 0.5) is 0 Å². The van der Waals surface area contributed by atoms with Crippen LogP contribution < -0.4 is 5.32 Å². The second kappa shape index (κ2) is 5.02. The average molecular weight is 283 g/mol. The Labute approximate surface area is 125 Å². The Kier molecular flexibility index (Phi) is 3.32. The summed E-state index contributed by atoms with van der Waals surface area (Å²) in [6.45, 7) is 5.92. The number of carbonyl (C=O) groups is 1. The first kappa shape index (κ1) is 13.9. The zero-order valence-corrected chi connectivity index (χ0v) is 12.8. The molecule has 0 spiro atoms. The van der Waals surface area contributed by atoms with E-state index in [2.05, 4.69) is 10.4 Å². The van der Waals surface area contributed by atoms with Crippen LogP contribution in [-0.4, -0.2) is 21.2 Å².